The molecule has 0 aliphatic carbocycles. The fourth-order valence-corrected chi connectivity index (χ4v) is 3.26. The zero-order chi connectivity index (χ0) is 16.9. The molecule has 0 amide bonds. The normalized spacial score (nSPS) is 10.8. The molecule has 0 atom stereocenters. The quantitative estimate of drug-likeness (QED) is 0.546. The van der Waals surface area contributed by atoms with E-state index in [1.54, 1.807) is 11.8 Å². The number of esters is 1. The first-order valence-electron chi connectivity index (χ1n) is 7.53. The maximum atomic E-state index is 11.2. The number of benzene rings is 2. The first-order chi connectivity index (χ1) is 11.7. The van der Waals surface area contributed by atoms with Gasteiger partial charge >= 0.3 is 5.97 Å². The lowest BCUT2D eigenvalue weighted by Gasteiger charge is -2.11. The van der Waals surface area contributed by atoms with Crippen LogP contribution in [0, 0.1) is 6.92 Å². The molecule has 124 valence electrons. The van der Waals surface area contributed by atoms with E-state index in [4.69, 9.17) is 4.74 Å². The van der Waals surface area contributed by atoms with Crippen molar-refractivity contribution in [2.24, 2.45) is 0 Å². The maximum absolute atomic E-state index is 11.2. The van der Waals surface area contributed by atoms with Crippen LogP contribution >= 0.6 is 11.8 Å². The standard InChI is InChI=1S/C18H18N2O3S/c1-12-13(6-5-9-16(12)23-10-17(21)22-2)11-24-18-19-14-7-3-4-8-15(14)20-18/h3-9H,10-11H2,1-2H3,(H,19,20). The van der Waals surface area contributed by atoms with E-state index in [0.29, 0.717) is 5.75 Å². The van der Waals surface area contributed by atoms with Crippen LogP contribution < -0.4 is 4.74 Å². The average molecular weight is 342 g/mol. The number of rotatable bonds is 6. The van der Waals surface area contributed by atoms with Crippen LogP contribution in [0.2, 0.25) is 0 Å². The summed E-state index contributed by atoms with van der Waals surface area (Å²) in [6.45, 7) is 1.90. The second-order valence-corrected chi connectivity index (χ2v) is 6.22. The molecule has 6 heteroatoms. The second-order valence-electron chi connectivity index (χ2n) is 5.25. The summed E-state index contributed by atoms with van der Waals surface area (Å²) in [5, 5.41) is 0.886. The molecule has 0 bridgehead atoms. The van der Waals surface area contributed by atoms with Crippen molar-refractivity contribution in [3.05, 3.63) is 53.6 Å². The van der Waals surface area contributed by atoms with E-state index in [1.165, 1.54) is 7.11 Å². The van der Waals surface area contributed by atoms with Gasteiger partial charge in [0.2, 0.25) is 0 Å². The molecule has 3 aromatic rings. The minimum absolute atomic E-state index is 0.0858. The second kappa shape index (κ2) is 7.40. The Kier molecular flexibility index (Phi) is 5.05. The van der Waals surface area contributed by atoms with Gasteiger partial charge in [0.15, 0.2) is 11.8 Å². The molecule has 1 heterocycles. The minimum atomic E-state index is -0.392. The van der Waals surface area contributed by atoms with Crippen LogP contribution in [0.3, 0.4) is 0 Å². The van der Waals surface area contributed by atoms with Crippen molar-refractivity contribution >= 4 is 28.8 Å². The van der Waals surface area contributed by atoms with E-state index in [0.717, 1.165) is 33.1 Å². The van der Waals surface area contributed by atoms with Gasteiger partial charge in [-0.25, -0.2) is 9.78 Å². The van der Waals surface area contributed by atoms with Gasteiger partial charge in [0.1, 0.15) is 5.75 Å². The Hall–Kier alpha value is -2.47. The van der Waals surface area contributed by atoms with E-state index in [-0.39, 0.29) is 6.61 Å². The number of imidazole rings is 1. The van der Waals surface area contributed by atoms with Crippen LogP contribution in [0.15, 0.2) is 47.6 Å². The lowest BCUT2D eigenvalue weighted by atomic mass is 10.1. The summed E-state index contributed by atoms with van der Waals surface area (Å²) in [6.07, 6.45) is 0. The molecule has 0 spiro atoms. The van der Waals surface area contributed by atoms with Gasteiger partial charge in [-0.2, -0.15) is 0 Å². The highest BCUT2D eigenvalue weighted by Gasteiger charge is 2.09. The third kappa shape index (κ3) is 3.71. The Morgan fingerprint density at radius 1 is 1.21 bits per heavy atom. The van der Waals surface area contributed by atoms with Crippen molar-refractivity contribution in [2.75, 3.05) is 13.7 Å². The van der Waals surface area contributed by atoms with Gasteiger partial charge in [0.05, 0.1) is 18.1 Å². The van der Waals surface area contributed by atoms with Crippen LogP contribution in [0.25, 0.3) is 11.0 Å². The van der Waals surface area contributed by atoms with Crippen molar-refractivity contribution in [1.29, 1.82) is 0 Å². The monoisotopic (exact) mass is 342 g/mol. The van der Waals surface area contributed by atoms with E-state index >= 15 is 0 Å². The number of ether oxygens (including phenoxy) is 2. The van der Waals surface area contributed by atoms with Crippen molar-refractivity contribution in [3.8, 4) is 5.75 Å². The molecule has 1 N–H and O–H groups in total. The van der Waals surface area contributed by atoms with Crippen molar-refractivity contribution in [1.82, 2.24) is 9.97 Å². The van der Waals surface area contributed by atoms with Gasteiger partial charge in [-0.1, -0.05) is 36.0 Å². The molecule has 1 aromatic heterocycles. The molecule has 24 heavy (non-hydrogen) atoms. The molecule has 0 saturated carbocycles. The number of hydrogen-bond acceptors (Lipinski definition) is 5. The maximum Gasteiger partial charge on any atom is 0.343 e. The summed E-state index contributed by atoms with van der Waals surface area (Å²) in [5.74, 6) is 1.07. The Morgan fingerprint density at radius 2 is 2.04 bits per heavy atom. The Bertz CT molecular complexity index is 827. The first-order valence-corrected chi connectivity index (χ1v) is 8.51. The van der Waals surface area contributed by atoms with E-state index in [2.05, 4.69) is 20.8 Å². The number of carbonyl (C=O) groups excluding carboxylic acids is 1. The number of aromatic nitrogens is 2. The van der Waals surface area contributed by atoms with E-state index < -0.39 is 5.97 Å². The van der Waals surface area contributed by atoms with Crippen molar-refractivity contribution in [2.45, 2.75) is 17.8 Å². The van der Waals surface area contributed by atoms with Crippen molar-refractivity contribution in [3.63, 3.8) is 0 Å². The summed E-state index contributed by atoms with van der Waals surface area (Å²) >= 11 is 1.64. The number of nitrogens with one attached hydrogen (secondary N) is 1. The first kappa shape index (κ1) is 16.4. The minimum Gasteiger partial charge on any atom is -0.482 e. The molecule has 5 nitrogen and oxygen atoms in total. The topological polar surface area (TPSA) is 64.2 Å². The molecule has 3 rings (SSSR count). The highest BCUT2D eigenvalue weighted by molar-refractivity contribution is 7.98. The highest BCUT2D eigenvalue weighted by Crippen LogP contribution is 2.28. The van der Waals surface area contributed by atoms with Crippen LogP contribution in [-0.4, -0.2) is 29.7 Å². The molecule has 2 aromatic carbocycles. The number of para-hydroxylation sites is 2. The Balaban J connectivity index is 1.69. The fraction of sp³-hybridized carbons (Fsp3) is 0.222. The van der Waals surface area contributed by atoms with Gasteiger partial charge in [0.25, 0.3) is 0 Å². The molecule has 0 aliphatic rings. The smallest absolute Gasteiger partial charge is 0.343 e. The number of hydrogen-bond donors (Lipinski definition) is 1. The van der Waals surface area contributed by atoms with E-state index in [9.17, 15) is 4.79 Å². The van der Waals surface area contributed by atoms with Crippen LogP contribution in [0.1, 0.15) is 11.1 Å². The van der Waals surface area contributed by atoms with Gasteiger partial charge in [0, 0.05) is 5.75 Å². The van der Waals surface area contributed by atoms with Gasteiger partial charge < -0.3 is 14.5 Å². The lowest BCUT2D eigenvalue weighted by Crippen LogP contribution is -2.13. The van der Waals surface area contributed by atoms with Gasteiger partial charge in [-0.05, 0) is 36.2 Å². The fourth-order valence-electron chi connectivity index (χ4n) is 2.31. The predicted octanol–water partition coefficient (Wildman–Crippen LogP) is 3.72. The summed E-state index contributed by atoms with van der Waals surface area (Å²) in [5.41, 5.74) is 4.16. The summed E-state index contributed by atoms with van der Waals surface area (Å²) < 4.78 is 10.1. The van der Waals surface area contributed by atoms with Crippen LogP contribution in [0.4, 0.5) is 0 Å². The van der Waals surface area contributed by atoms with Crippen molar-refractivity contribution < 1.29 is 14.3 Å². The van der Waals surface area contributed by atoms with Gasteiger partial charge in [-0.15, -0.1) is 0 Å². The highest BCUT2D eigenvalue weighted by atomic mass is 32.2. The summed E-state index contributed by atoms with van der Waals surface area (Å²) in [6, 6.07) is 13.8. The third-order valence-corrected chi connectivity index (χ3v) is 4.62. The Morgan fingerprint density at radius 3 is 2.83 bits per heavy atom. The summed E-state index contributed by atoms with van der Waals surface area (Å²) in [4.78, 5) is 19.1. The van der Waals surface area contributed by atoms with Gasteiger partial charge in [-0.3, -0.25) is 0 Å². The number of fused-ring (bicyclic) bond motifs is 1. The molecule has 0 saturated heterocycles. The Labute approximate surface area is 144 Å². The predicted molar refractivity (Wildman–Crippen MR) is 94.3 cm³/mol. The summed E-state index contributed by atoms with van der Waals surface area (Å²) in [7, 11) is 1.35. The number of aromatic amines is 1. The third-order valence-electron chi connectivity index (χ3n) is 3.70. The number of thioether (sulfide) groups is 1. The molecular weight excluding hydrogens is 324 g/mol. The number of methoxy groups -OCH3 is 1. The lowest BCUT2D eigenvalue weighted by molar-refractivity contribution is -0.142. The zero-order valence-corrected chi connectivity index (χ0v) is 14.4. The number of H-pyrrole nitrogens is 1. The SMILES string of the molecule is COC(=O)COc1cccc(CSc2nc3ccccc3[nH]2)c1C. The zero-order valence-electron chi connectivity index (χ0n) is 13.5. The van der Waals surface area contributed by atoms with E-state index in [1.807, 2.05) is 43.3 Å². The number of carbonyl (C=O) groups is 1. The number of nitrogens with zero attached hydrogens (tertiary/aromatic N) is 1. The molecule has 0 fully saturated rings. The molecule has 0 unspecified atom stereocenters. The average Bonchev–Trinajstić information content (AvgIpc) is 3.02. The van der Waals surface area contributed by atoms with Crippen LogP contribution in [0.5, 0.6) is 5.75 Å². The van der Waals surface area contributed by atoms with Crippen LogP contribution in [-0.2, 0) is 15.3 Å². The molecular formula is C18H18N2O3S. The molecule has 0 aliphatic heterocycles. The largest absolute Gasteiger partial charge is 0.482 e. The molecule has 0 radical (unpaired) electrons.